The molecule has 94 valence electrons. The predicted molar refractivity (Wildman–Crippen MR) is 71.9 cm³/mol. The molecule has 5 nitrogen and oxygen atoms in total. The lowest BCUT2D eigenvalue weighted by molar-refractivity contribution is 0.479. The Hall–Kier alpha value is -1.46. The monoisotopic (exact) mass is 263 g/mol. The highest BCUT2D eigenvalue weighted by Gasteiger charge is 2.15. The number of aromatic nitrogens is 3. The van der Waals surface area contributed by atoms with E-state index in [0.717, 1.165) is 36.1 Å². The molecule has 1 fully saturated rings. The van der Waals surface area contributed by atoms with Crippen molar-refractivity contribution in [2.45, 2.75) is 18.9 Å². The lowest BCUT2D eigenvalue weighted by Gasteiger charge is -2.24. The second-order valence-electron chi connectivity index (χ2n) is 4.45. The van der Waals surface area contributed by atoms with Crippen LogP contribution in [0.1, 0.15) is 12.8 Å². The number of nitrogens with one attached hydrogen (secondary N) is 2. The van der Waals surface area contributed by atoms with Crippen molar-refractivity contribution in [3.8, 4) is 0 Å². The van der Waals surface area contributed by atoms with Crippen LogP contribution in [0.2, 0.25) is 5.15 Å². The molecule has 2 aromatic heterocycles. The SMILES string of the molecule is Clc1nnc(NC2CCCNC2)c2cnccc12. The maximum atomic E-state index is 6.03. The van der Waals surface area contributed by atoms with Crippen LogP contribution >= 0.6 is 11.6 Å². The van der Waals surface area contributed by atoms with Crippen LogP contribution in [-0.4, -0.2) is 34.3 Å². The molecule has 1 saturated heterocycles. The number of pyridine rings is 1. The zero-order chi connectivity index (χ0) is 12.4. The summed E-state index contributed by atoms with van der Waals surface area (Å²) in [5.41, 5.74) is 0. The van der Waals surface area contributed by atoms with E-state index in [4.69, 9.17) is 11.6 Å². The highest BCUT2D eigenvalue weighted by Crippen LogP contribution is 2.25. The van der Waals surface area contributed by atoms with Gasteiger partial charge in [0.15, 0.2) is 11.0 Å². The van der Waals surface area contributed by atoms with Crippen LogP contribution in [-0.2, 0) is 0 Å². The fourth-order valence-corrected chi connectivity index (χ4v) is 2.44. The summed E-state index contributed by atoms with van der Waals surface area (Å²) in [6.45, 7) is 2.04. The first kappa shape index (κ1) is 11.6. The molecule has 18 heavy (non-hydrogen) atoms. The van der Waals surface area contributed by atoms with E-state index < -0.39 is 0 Å². The van der Waals surface area contributed by atoms with E-state index >= 15 is 0 Å². The van der Waals surface area contributed by atoms with Crippen LogP contribution in [0.25, 0.3) is 10.8 Å². The van der Waals surface area contributed by atoms with Gasteiger partial charge in [0.2, 0.25) is 0 Å². The number of halogens is 1. The second kappa shape index (κ2) is 5.04. The van der Waals surface area contributed by atoms with E-state index in [1.54, 1.807) is 12.4 Å². The first-order chi connectivity index (χ1) is 8.84. The fourth-order valence-electron chi connectivity index (χ4n) is 2.24. The zero-order valence-corrected chi connectivity index (χ0v) is 10.6. The molecule has 1 atom stereocenters. The normalized spacial score (nSPS) is 19.9. The van der Waals surface area contributed by atoms with Gasteiger partial charge in [-0.2, -0.15) is 0 Å². The highest BCUT2D eigenvalue weighted by molar-refractivity contribution is 6.34. The van der Waals surface area contributed by atoms with Crippen molar-refractivity contribution in [1.29, 1.82) is 0 Å². The van der Waals surface area contributed by atoms with Gasteiger partial charge < -0.3 is 10.6 Å². The molecule has 0 amide bonds. The smallest absolute Gasteiger partial charge is 0.159 e. The average Bonchev–Trinajstić information content (AvgIpc) is 2.44. The van der Waals surface area contributed by atoms with Crippen molar-refractivity contribution >= 4 is 28.2 Å². The molecule has 3 heterocycles. The van der Waals surface area contributed by atoms with Gasteiger partial charge in [-0.25, -0.2) is 0 Å². The number of hydrogen-bond donors (Lipinski definition) is 2. The topological polar surface area (TPSA) is 62.7 Å². The van der Waals surface area contributed by atoms with Crippen LogP contribution in [0.15, 0.2) is 18.5 Å². The minimum absolute atomic E-state index is 0.387. The van der Waals surface area contributed by atoms with Crippen molar-refractivity contribution in [2.75, 3.05) is 18.4 Å². The van der Waals surface area contributed by atoms with Crippen molar-refractivity contribution in [3.05, 3.63) is 23.6 Å². The maximum Gasteiger partial charge on any atom is 0.159 e. The summed E-state index contributed by atoms with van der Waals surface area (Å²) in [4.78, 5) is 4.13. The lowest BCUT2D eigenvalue weighted by atomic mass is 10.1. The predicted octanol–water partition coefficient (Wildman–Crippen LogP) is 1.84. The summed E-state index contributed by atoms with van der Waals surface area (Å²) in [5, 5.41) is 17.1. The number of hydrogen-bond acceptors (Lipinski definition) is 5. The van der Waals surface area contributed by atoms with E-state index in [9.17, 15) is 0 Å². The zero-order valence-electron chi connectivity index (χ0n) is 9.86. The number of fused-ring (bicyclic) bond motifs is 1. The number of piperidine rings is 1. The molecule has 0 spiro atoms. The van der Waals surface area contributed by atoms with E-state index in [0.29, 0.717) is 11.2 Å². The van der Waals surface area contributed by atoms with Gasteiger partial charge in [0.1, 0.15) is 0 Å². The summed E-state index contributed by atoms with van der Waals surface area (Å²) in [7, 11) is 0. The summed E-state index contributed by atoms with van der Waals surface area (Å²) in [6, 6.07) is 2.24. The van der Waals surface area contributed by atoms with Gasteiger partial charge in [-0.3, -0.25) is 4.98 Å². The third-order valence-electron chi connectivity index (χ3n) is 3.17. The Morgan fingerprint density at radius 1 is 1.33 bits per heavy atom. The van der Waals surface area contributed by atoms with Gasteiger partial charge >= 0.3 is 0 Å². The molecule has 1 aliphatic rings. The second-order valence-corrected chi connectivity index (χ2v) is 4.81. The van der Waals surface area contributed by atoms with Crippen LogP contribution in [0.4, 0.5) is 5.82 Å². The van der Waals surface area contributed by atoms with Crippen molar-refractivity contribution in [3.63, 3.8) is 0 Å². The third-order valence-corrected chi connectivity index (χ3v) is 3.45. The highest BCUT2D eigenvalue weighted by atomic mass is 35.5. The Morgan fingerprint density at radius 2 is 2.28 bits per heavy atom. The molecule has 0 aromatic carbocycles. The molecule has 6 heteroatoms. The summed E-state index contributed by atoms with van der Waals surface area (Å²) in [6.07, 6.45) is 5.80. The molecular formula is C12H14ClN5. The van der Waals surface area contributed by atoms with E-state index in [-0.39, 0.29) is 0 Å². The average molecular weight is 264 g/mol. The van der Waals surface area contributed by atoms with Crippen LogP contribution < -0.4 is 10.6 Å². The Kier molecular flexibility index (Phi) is 3.25. The van der Waals surface area contributed by atoms with E-state index in [1.807, 2.05) is 6.07 Å². The number of anilines is 1. The molecule has 1 unspecified atom stereocenters. The minimum atomic E-state index is 0.387. The standard InChI is InChI=1S/C12H14ClN5/c13-11-9-3-5-15-7-10(9)12(18-17-11)16-8-2-1-4-14-6-8/h3,5,7-8,14H,1-2,4,6H2,(H,16,18). The summed E-state index contributed by atoms with van der Waals surface area (Å²) < 4.78 is 0. The largest absolute Gasteiger partial charge is 0.364 e. The Bertz CT molecular complexity index is 553. The Labute approximate surface area is 110 Å². The summed E-state index contributed by atoms with van der Waals surface area (Å²) >= 11 is 6.03. The Morgan fingerprint density at radius 3 is 3.11 bits per heavy atom. The minimum Gasteiger partial charge on any atom is -0.364 e. The molecule has 2 aromatic rings. The number of nitrogens with zero attached hydrogens (tertiary/aromatic N) is 3. The van der Waals surface area contributed by atoms with E-state index in [1.165, 1.54) is 6.42 Å². The van der Waals surface area contributed by atoms with Crippen LogP contribution in [0.5, 0.6) is 0 Å². The Balaban J connectivity index is 1.94. The van der Waals surface area contributed by atoms with Crippen molar-refractivity contribution < 1.29 is 0 Å². The van der Waals surface area contributed by atoms with Gasteiger partial charge in [-0.15, -0.1) is 10.2 Å². The molecule has 0 bridgehead atoms. The first-order valence-electron chi connectivity index (χ1n) is 6.08. The van der Waals surface area contributed by atoms with Crippen LogP contribution in [0, 0.1) is 0 Å². The van der Waals surface area contributed by atoms with Gasteiger partial charge in [0.25, 0.3) is 0 Å². The lowest BCUT2D eigenvalue weighted by Crippen LogP contribution is -2.38. The molecule has 1 aliphatic heterocycles. The van der Waals surface area contributed by atoms with Crippen molar-refractivity contribution in [2.24, 2.45) is 0 Å². The molecule has 0 saturated carbocycles. The molecular weight excluding hydrogens is 250 g/mol. The maximum absolute atomic E-state index is 6.03. The third kappa shape index (κ3) is 2.23. The van der Waals surface area contributed by atoms with Gasteiger partial charge in [0.05, 0.1) is 0 Å². The van der Waals surface area contributed by atoms with E-state index in [2.05, 4.69) is 25.8 Å². The van der Waals surface area contributed by atoms with Crippen LogP contribution in [0.3, 0.4) is 0 Å². The number of rotatable bonds is 2. The molecule has 0 aliphatic carbocycles. The summed E-state index contributed by atoms with van der Waals surface area (Å²) in [5.74, 6) is 0.760. The molecule has 2 N–H and O–H groups in total. The van der Waals surface area contributed by atoms with Gasteiger partial charge in [-0.05, 0) is 25.5 Å². The van der Waals surface area contributed by atoms with Gasteiger partial charge in [0, 0.05) is 35.8 Å². The molecule has 3 rings (SSSR count). The van der Waals surface area contributed by atoms with Crippen molar-refractivity contribution in [1.82, 2.24) is 20.5 Å². The fraction of sp³-hybridized carbons (Fsp3) is 0.417. The quantitative estimate of drug-likeness (QED) is 0.866. The first-order valence-corrected chi connectivity index (χ1v) is 6.45. The molecule has 0 radical (unpaired) electrons. The van der Waals surface area contributed by atoms with Gasteiger partial charge in [-0.1, -0.05) is 11.6 Å².